The topological polar surface area (TPSA) is 17.8 Å². The third-order valence-electron chi connectivity index (χ3n) is 1.59. The molecule has 0 fully saturated rings. The first-order valence-electron chi connectivity index (χ1n) is 3.42. The molecule has 4 heteroatoms. The highest BCUT2D eigenvalue weighted by molar-refractivity contribution is 6.31. The summed E-state index contributed by atoms with van der Waals surface area (Å²) in [5, 5.41) is 4.95. The number of hydrogen-bond donors (Lipinski definition) is 0. The van der Waals surface area contributed by atoms with Crippen molar-refractivity contribution in [2.75, 3.05) is 5.88 Å². The van der Waals surface area contributed by atoms with Crippen LogP contribution in [0.4, 0.5) is 0 Å². The minimum absolute atomic E-state index is 0.568. The maximum Gasteiger partial charge on any atom is 0.0844 e. The summed E-state index contributed by atoms with van der Waals surface area (Å²) < 4.78 is 1.82. The number of nitrogens with zero attached hydrogens (tertiary/aromatic N) is 2. The molecule has 0 spiro atoms. The van der Waals surface area contributed by atoms with Gasteiger partial charge in [0.2, 0.25) is 0 Å². The van der Waals surface area contributed by atoms with E-state index in [1.54, 1.807) is 0 Å². The molecule has 0 bridgehead atoms. The highest BCUT2D eigenvalue weighted by Gasteiger charge is 2.07. The predicted octanol–water partition coefficient (Wildman–Crippen LogP) is 2.39. The maximum absolute atomic E-state index is 5.91. The SMILES string of the molecule is Cc1nn(CCCl)c(C)c1Cl. The third-order valence-corrected chi connectivity index (χ3v) is 2.31. The van der Waals surface area contributed by atoms with Crippen molar-refractivity contribution in [3.63, 3.8) is 0 Å². The van der Waals surface area contributed by atoms with E-state index in [1.807, 2.05) is 18.5 Å². The van der Waals surface area contributed by atoms with Crippen LogP contribution in [0.1, 0.15) is 11.4 Å². The van der Waals surface area contributed by atoms with Gasteiger partial charge in [-0.15, -0.1) is 11.6 Å². The van der Waals surface area contributed by atoms with E-state index < -0.39 is 0 Å². The second-order valence-electron chi connectivity index (χ2n) is 2.40. The average Bonchev–Trinajstić information content (AvgIpc) is 2.19. The summed E-state index contributed by atoms with van der Waals surface area (Å²) in [7, 11) is 0. The van der Waals surface area contributed by atoms with Gasteiger partial charge in [-0.25, -0.2) is 0 Å². The Kier molecular flexibility index (Phi) is 2.79. The van der Waals surface area contributed by atoms with Gasteiger partial charge in [0.05, 0.1) is 23.0 Å². The fourth-order valence-corrected chi connectivity index (χ4v) is 1.27. The van der Waals surface area contributed by atoms with Gasteiger partial charge in [-0.1, -0.05) is 11.6 Å². The van der Waals surface area contributed by atoms with Crippen LogP contribution >= 0.6 is 23.2 Å². The van der Waals surface area contributed by atoms with E-state index in [2.05, 4.69) is 5.10 Å². The Morgan fingerprint density at radius 1 is 1.45 bits per heavy atom. The molecule has 62 valence electrons. The second-order valence-corrected chi connectivity index (χ2v) is 3.15. The molecule has 1 aromatic heterocycles. The molecule has 0 saturated heterocycles. The van der Waals surface area contributed by atoms with Crippen molar-refractivity contribution < 1.29 is 0 Å². The molecule has 0 aliphatic heterocycles. The van der Waals surface area contributed by atoms with Crippen LogP contribution in [0.15, 0.2) is 0 Å². The van der Waals surface area contributed by atoms with Gasteiger partial charge >= 0.3 is 0 Å². The number of aromatic nitrogens is 2. The largest absolute Gasteiger partial charge is 0.267 e. The molecule has 11 heavy (non-hydrogen) atoms. The van der Waals surface area contributed by atoms with Gasteiger partial charge in [-0.2, -0.15) is 5.10 Å². The lowest BCUT2D eigenvalue weighted by atomic mass is 10.4. The molecule has 0 amide bonds. The Balaban J connectivity index is 2.98. The zero-order chi connectivity index (χ0) is 8.43. The van der Waals surface area contributed by atoms with E-state index in [-0.39, 0.29) is 0 Å². The van der Waals surface area contributed by atoms with Crippen molar-refractivity contribution in [2.24, 2.45) is 0 Å². The summed E-state index contributed by atoms with van der Waals surface area (Å²) in [6, 6.07) is 0. The molecule has 0 aliphatic carbocycles. The Morgan fingerprint density at radius 3 is 2.45 bits per heavy atom. The smallest absolute Gasteiger partial charge is 0.0844 e. The monoisotopic (exact) mass is 192 g/mol. The van der Waals surface area contributed by atoms with Crippen LogP contribution < -0.4 is 0 Å². The molecule has 0 saturated carbocycles. The summed E-state index contributed by atoms with van der Waals surface area (Å²) in [5.41, 5.74) is 1.86. The Morgan fingerprint density at radius 2 is 2.09 bits per heavy atom. The van der Waals surface area contributed by atoms with Crippen LogP contribution in [0.5, 0.6) is 0 Å². The first kappa shape index (κ1) is 8.88. The number of halogens is 2. The Labute approximate surface area is 76.1 Å². The van der Waals surface area contributed by atoms with E-state index in [4.69, 9.17) is 23.2 Å². The van der Waals surface area contributed by atoms with Crippen LogP contribution in [0.3, 0.4) is 0 Å². The molecule has 0 aromatic carbocycles. The lowest BCUT2D eigenvalue weighted by molar-refractivity contribution is 0.638. The van der Waals surface area contributed by atoms with Crippen LogP contribution in [-0.2, 0) is 6.54 Å². The normalized spacial score (nSPS) is 10.5. The van der Waals surface area contributed by atoms with Crippen molar-refractivity contribution in [3.8, 4) is 0 Å². The molecule has 0 aliphatic rings. The van der Waals surface area contributed by atoms with Gasteiger partial charge in [0.1, 0.15) is 0 Å². The van der Waals surface area contributed by atoms with Gasteiger partial charge in [-0.05, 0) is 13.8 Å². The minimum Gasteiger partial charge on any atom is -0.267 e. The summed E-state index contributed by atoms with van der Waals surface area (Å²) in [6.07, 6.45) is 0. The van der Waals surface area contributed by atoms with Gasteiger partial charge in [0.25, 0.3) is 0 Å². The fourth-order valence-electron chi connectivity index (χ4n) is 0.973. The molecule has 0 radical (unpaired) electrons. The zero-order valence-corrected chi connectivity index (χ0v) is 8.08. The highest BCUT2D eigenvalue weighted by Crippen LogP contribution is 2.18. The minimum atomic E-state index is 0.568. The highest BCUT2D eigenvalue weighted by atomic mass is 35.5. The molecule has 1 heterocycles. The predicted molar refractivity (Wildman–Crippen MR) is 47.4 cm³/mol. The summed E-state index contributed by atoms with van der Waals surface area (Å²) in [6.45, 7) is 4.55. The second kappa shape index (κ2) is 3.46. The number of hydrogen-bond acceptors (Lipinski definition) is 1. The molecule has 0 N–H and O–H groups in total. The lowest BCUT2D eigenvalue weighted by Crippen LogP contribution is -2.03. The number of aryl methyl sites for hydroxylation is 2. The molecule has 1 rings (SSSR count). The van der Waals surface area contributed by atoms with Gasteiger partial charge < -0.3 is 0 Å². The first-order chi connectivity index (χ1) is 5.16. The van der Waals surface area contributed by atoms with Crippen molar-refractivity contribution in [1.29, 1.82) is 0 Å². The maximum atomic E-state index is 5.91. The molecule has 0 unspecified atom stereocenters. The van der Waals surface area contributed by atoms with Crippen molar-refractivity contribution in [1.82, 2.24) is 9.78 Å². The number of rotatable bonds is 2. The van der Waals surface area contributed by atoms with Crippen LogP contribution in [-0.4, -0.2) is 15.7 Å². The molecular formula is C7H10Cl2N2. The summed E-state index contributed by atoms with van der Waals surface area (Å²) in [5.74, 6) is 0.568. The van der Waals surface area contributed by atoms with Crippen molar-refractivity contribution >= 4 is 23.2 Å². The van der Waals surface area contributed by atoms with Crippen LogP contribution in [0.2, 0.25) is 5.02 Å². The van der Waals surface area contributed by atoms with E-state index in [0.717, 1.165) is 23.0 Å². The average molecular weight is 193 g/mol. The molecule has 2 nitrogen and oxygen atoms in total. The van der Waals surface area contributed by atoms with E-state index >= 15 is 0 Å². The van der Waals surface area contributed by atoms with Gasteiger partial charge in [0.15, 0.2) is 0 Å². The number of alkyl halides is 1. The molecule has 0 atom stereocenters. The van der Waals surface area contributed by atoms with Gasteiger partial charge in [0, 0.05) is 5.88 Å². The fraction of sp³-hybridized carbons (Fsp3) is 0.571. The Bertz CT molecular complexity index is 255. The summed E-state index contributed by atoms with van der Waals surface area (Å²) in [4.78, 5) is 0. The summed E-state index contributed by atoms with van der Waals surface area (Å²) >= 11 is 11.5. The standard InChI is InChI=1S/C7H10Cl2N2/c1-5-7(9)6(2)11(10-5)4-3-8/h3-4H2,1-2H3. The Hall–Kier alpha value is -0.210. The van der Waals surface area contributed by atoms with Gasteiger partial charge in [-0.3, -0.25) is 4.68 Å². The first-order valence-corrected chi connectivity index (χ1v) is 4.33. The van der Waals surface area contributed by atoms with Crippen molar-refractivity contribution in [2.45, 2.75) is 20.4 Å². The third kappa shape index (κ3) is 1.68. The van der Waals surface area contributed by atoms with Crippen molar-refractivity contribution in [3.05, 3.63) is 16.4 Å². The van der Waals surface area contributed by atoms with E-state index in [1.165, 1.54) is 0 Å². The molecular weight excluding hydrogens is 183 g/mol. The quantitative estimate of drug-likeness (QED) is 0.659. The van der Waals surface area contributed by atoms with E-state index in [9.17, 15) is 0 Å². The lowest BCUT2D eigenvalue weighted by Gasteiger charge is -1.98. The molecule has 1 aromatic rings. The van der Waals surface area contributed by atoms with E-state index in [0.29, 0.717) is 5.88 Å². The zero-order valence-electron chi connectivity index (χ0n) is 6.56. The van der Waals surface area contributed by atoms with Crippen LogP contribution in [0, 0.1) is 13.8 Å². The van der Waals surface area contributed by atoms with Crippen LogP contribution in [0.25, 0.3) is 0 Å².